The maximum absolute atomic E-state index is 12.5. The van der Waals surface area contributed by atoms with Crippen LogP contribution in [0.4, 0.5) is 5.69 Å². The minimum absolute atomic E-state index is 0.0897. The van der Waals surface area contributed by atoms with Crippen LogP contribution >= 0.6 is 0 Å². The predicted molar refractivity (Wildman–Crippen MR) is 96.4 cm³/mol. The second-order valence-electron chi connectivity index (χ2n) is 7.14. The Hall–Kier alpha value is -1.95. The SMILES string of the molecule is O=C(CCc1cccc([N+](=O)[O-])c1)N1CCCN(C2CCCC2)CC1. The number of aryl methyl sites for hydroxylation is 1. The molecule has 25 heavy (non-hydrogen) atoms. The highest BCUT2D eigenvalue weighted by Gasteiger charge is 2.26. The molecule has 0 spiro atoms. The molecule has 1 amide bonds. The molecule has 2 aliphatic rings. The third kappa shape index (κ3) is 4.78. The average molecular weight is 345 g/mol. The summed E-state index contributed by atoms with van der Waals surface area (Å²) in [4.78, 5) is 27.5. The van der Waals surface area contributed by atoms with Crippen molar-refractivity contribution in [3.05, 3.63) is 39.9 Å². The van der Waals surface area contributed by atoms with Crippen molar-refractivity contribution in [1.29, 1.82) is 0 Å². The van der Waals surface area contributed by atoms with Crippen molar-refractivity contribution in [1.82, 2.24) is 9.80 Å². The van der Waals surface area contributed by atoms with Crippen molar-refractivity contribution >= 4 is 11.6 Å². The zero-order chi connectivity index (χ0) is 17.6. The van der Waals surface area contributed by atoms with Crippen LogP contribution in [0, 0.1) is 10.1 Å². The van der Waals surface area contributed by atoms with Gasteiger partial charge in [-0.2, -0.15) is 0 Å². The topological polar surface area (TPSA) is 66.7 Å². The van der Waals surface area contributed by atoms with Crippen molar-refractivity contribution in [2.45, 2.75) is 51.0 Å². The second kappa shape index (κ2) is 8.43. The van der Waals surface area contributed by atoms with Gasteiger partial charge in [-0.15, -0.1) is 0 Å². The molecule has 1 saturated carbocycles. The van der Waals surface area contributed by atoms with Crippen LogP contribution in [-0.4, -0.2) is 52.9 Å². The van der Waals surface area contributed by atoms with Crippen LogP contribution in [0.3, 0.4) is 0 Å². The first-order chi connectivity index (χ1) is 12.1. The van der Waals surface area contributed by atoms with Gasteiger partial charge in [-0.25, -0.2) is 0 Å². The fourth-order valence-corrected chi connectivity index (χ4v) is 4.06. The standard InChI is InChI=1S/C19H27N3O3/c23-19(10-9-16-5-3-8-18(15-16)22(24)25)21-12-4-11-20(13-14-21)17-6-1-2-7-17/h3,5,8,15,17H,1-2,4,6-7,9-14H2. The lowest BCUT2D eigenvalue weighted by Crippen LogP contribution is -2.38. The lowest BCUT2D eigenvalue weighted by molar-refractivity contribution is -0.384. The minimum atomic E-state index is -0.391. The molecule has 1 aliphatic heterocycles. The van der Waals surface area contributed by atoms with Crippen molar-refractivity contribution in [3.63, 3.8) is 0 Å². The van der Waals surface area contributed by atoms with Gasteiger partial charge in [0.15, 0.2) is 0 Å². The summed E-state index contributed by atoms with van der Waals surface area (Å²) in [5.74, 6) is 0.166. The van der Waals surface area contributed by atoms with Gasteiger partial charge in [0.05, 0.1) is 4.92 Å². The number of nitrogens with zero attached hydrogens (tertiary/aromatic N) is 3. The van der Waals surface area contributed by atoms with Crippen LogP contribution in [0.5, 0.6) is 0 Å². The zero-order valence-electron chi connectivity index (χ0n) is 14.7. The molecule has 1 aliphatic carbocycles. The predicted octanol–water partition coefficient (Wildman–Crippen LogP) is 3.00. The Morgan fingerprint density at radius 2 is 1.92 bits per heavy atom. The van der Waals surface area contributed by atoms with E-state index in [4.69, 9.17) is 0 Å². The number of nitro groups is 1. The maximum atomic E-state index is 12.5. The molecule has 0 aromatic heterocycles. The Bertz CT molecular complexity index is 614. The molecule has 0 atom stereocenters. The van der Waals surface area contributed by atoms with Crippen LogP contribution in [-0.2, 0) is 11.2 Å². The molecule has 3 rings (SSSR count). The van der Waals surface area contributed by atoms with Gasteiger partial charge < -0.3 is 4.90 Å². The summed E-state index contributed by atoms with van der Waals surface area (Å²) in [6.07, 6.45) is 7.31. The van der Waals surface area contributed by atoms with E-state index in [1.54, 1.807) is 12.1 Å². The Morgan fingerprint density at radius 3 is 2.68 bits per heavy atom. The van der Waals surface area contributed by atoms with E-state index in [1.807, 2.05) is 11.0 Å². The normalized spacial score (nSPS) is 19.8. The molecule has 6 heteroatoms. The van der Waals surface area contributed by atoms with E-state index >= 15 is 0 Å². The number of hydrogen-bond donors (Lipinski definition) is 0. The molecular formula is C19H27N3O3. The number of hydrogen-bond acceptors (Lipinski definition) is 4. The fraction of sp³-hybridized carbons (Fsp3) is 0.632. The van der Waals surface area contributed by atoms with Gasteiger partial charge in [-0.3, -0.25) is 19.8 Å². The third-order valence-corrected chi connectivity index (χ3v) is 5.47. The lowest BCUT2D eigenvalue weighted by atomic mass is 10.1. The highest BCUT2D eigenvalue weighted by molar-refractivity contribution is 5.76. The minimum Gasteiger partial charge on any atom is -0.341 e. The molecular weight excluding hydrogens is 318 g/mol. The Labute approximate surface area is 148 Å². The molecule has 0 radical (unpaired) electrons. The van der Waals surface area contributed by atoms with E-state index in [-0.39, 0.29) is 11.6 Å². The Morgan fingerprint density at radius 1 is 1.12 bits per heavy atom. The van der Waals surface area contributed by atoms with E-state index in [1.165, 1.54) is 31.7 Å². The molecule has 1 heterocycles. The first-order valence-corrected chi connectivity index (χ1v) is 9.38. The zero-order valence-corrected chi connectivity index (χ0v) is 14.7. The Balaban J connectivity index is 1.49. The molecule has 0 unspecified atom stereocenters. The number of carbonyl (C=O) groups is 1. The van der Waals surface area contributed by atoms with Gasteiger partial charge in [0.2, 0.25) is 5.91 Å². The van der Waals surface area contributed by atoms with Gasteiger partial charge in [0.25, 0.3) is 5.69 Å². The quantitative estimate of drug-likeness (QED) is 0.608. The van der Waals surface area contributed by atoms with Gasteiger partial charge in [0, 0.05) is 50.8 Å². The lowest BCUT2D eigenvalue weighted by Gasteiger charge is -2.27. The van der Waals surface area contributed by atoms with E-state index in [0.29, 0.717) is 12.8 Å². The molecule has 1 saturated heterocycles. The van der Waals surface area contributed by atoms with E-state index in [9.17, 15) is 14.9 Å². The van der Waals surface area contributed by atoms with Crippen LogP contribution in [0.1, 0.15) is 44.1 Å². The van der Waals surface area contributed by atoms with Crippen molar-refractivity contribution in [2.24, 2.45) is 0 Å². The van der Waals surface area contributed by atoms with Crippen LogP contribution < -0.4 is 0 Å². The smallest absolute Gasteiger partial charge is 0.269 e. The summed E-state index contributed by atoms with van der Waals surface area (Å²) < 4.78 is 0. The van der Waals surface area contributed by atoms with E-state index < -0.39 is 4.92 Å². The molecule has 6 nitrogen and oxygen atoms in total. The van der Waals surface area contributed by atoms with Gasteiger partial charge >= 0.3 is 0 Å². The number of carbonyl (C=O) groups excluding carboxylic acids is 1. The van der Waals surface area contributed by atoms with Crippen LogP contribution in [0.25, 0.3) is 0 Å². The summed E-state index contributed by atoms with van der Waals surface area (Å²) >= 11 is 0. The largest absolute Gasteiger partial charge is 0.341 e. The summed E-state index contributed by atoms with van der Waals surface area (Å²) in [6, 6.07) is 7.31. The van der Waals surface area contributed by atoms with Crippen molar-refractivity contribution < 1.29 is 9.72 Å². The Kier molecular flexibility index (Phi) is 6.02. The number of rotatable bonds is 5. The summed E-state index contributed by atoms with van der Waals surface area (Å²) in [6.45, 7) is 3.72. The van der Waals surface area contributed by atoms with Gasteiger partial charge in [-0.1, -0.05) is 25.0 Å². The highest BCUT2D eigenvalue weighted by atomic mass is 16.6. The molecule has 1 aromatic carbocycles. The number of benzene rings is 1. The van der Waals surface area contributed by atoms with Gasteiger partial charge in [0.1, 0.15) is 0 Å². The van der Waals surface area contributed by atoms with E-state index in [2.05, 4.69) is 4.90 Å². The monoisotopic (exact) mass is 345 g/mol. The molecule has 0 bridgehead atoms. The summed E-state index contributed by atoms with van der Waals surface area (Å²) in [5, 5.41) is 10.8. The van der Waals surface area contributed by atoms with Crippen molar-refractivity contribution in [3.8, 4) is 0 Å². The van der Waals surface area contributed by atoms with Gasteiger partial charge in [-0.05, 0) is 31.2 Å². The molecule has 0 N–H and O–H groups in total. The highest BCUT2D eigenvalue weighted by Crippen LogP contribution is 2.24. The third-order valence-electron chi connectivity index (χ3n) is 5.47. The van der Waals surface area contributed by atoms with Crippen LogP contribution in [0.2, 0.25) is 0 Å². The first kappa shape index (κ1) is 17.9. The first-order valence-electron chi connectivity index (χ1n) is 9.38. The molecule has 2 fully saturated rings. The number of amides is 1. The summed E-state index contributed by atoms with van der Waals surface area (Å²) in [7, 11) is 0. The molecule has 1 aromatic rings. The second-order valence-corrected chi connectivity index (χ2v) is 7.14. The maximum Gasteiger partial charge on any atom is 0.269 e. The van der Waals surface area contributed by atoms with E-state index in [0.717, 1.165) is 44.2 Å². The summed E-state index contributed by atoms with van der Waals surface area (Å²) in [5.41, 5.74) is 0.942. The molecule has 136 valence electrons. The average Bonchev–Trinajstić information content (AvgIpc) is 3.04. The fourth-order valence-electron chi connectivity index (χ4n) is 4.06. The van der Waals surface area contributed by atoms with Crippen LogP contribution in [0.15, 0.2) is 24.3 Å². The van der Waals surface area contributed by atoms with Crippen molar-refractivity contribution in [2.75, 3.05) is 26.2 Å². The number of nitro benzene ring substituents is 1. The number of non-ortho nitro benzene ring substituents is 1.